The molecule has 22 heavy (non-hydrogen) atoms. The number of fused-ring (bicyclic) bond motifs is 1. The van der Waals surface area contributed by atoms with Crippen molar-refractivity contribution in [3.8, 4) is 6.07 Å². The topological polar surface area (TPSA) is 85.8 Å². The lowest BCUT2D eigenvalue weighted by atomic mass is 10.1. The summed E-state index contributed by atoms with van der Waals surface area (Å²) >= 11 is 0. The Kier molecular flexibility index (Phi) is 4.32. The van der Waals surface area contributed by atoms with Crippen molar-refractivity contribution in [2.75, 3.05) is 0 Å². The second kappa shape index (κ2) is 6.02. The molecule has 1 aromatic heterocycles. The van der Waals surface area contributed by atoms with E-state index in [1.807, 2.05) is 37.3 Å². The van der Waals surface area contributed by atoms with Crippen molar-refractivity contribution in [2.45, 2.75) is 39.2 Å². The van der Waals surface area contributed by atoms with Gasteiger partial charge in [0.05, 0.1) is 6.07 Å². The van der Waals surface area contributed by atoms with E-state index in [0.29, 0.717) is 12.0 Å². The van der Waals surface area contributed by atoms with E-state index in [2.05, 4.69) is 10.3 Å². The molecule has 0 atom stereocenters. The smallest absolute Gasteiger partial charge is 0.251 e. The molecule has 2 N–H and O–H groups in total. The molecule has 0 aliphatic rings. The minimum absolute atomic E-state index is 0.172. The third-order valence-electron chi connectivity index (χ3n) is 3.43. The van der Waals surface area contributed by atoms with E-state index in [9.17, 15) is 9.59 Å². The van der Waals surface area contributed by atoms with Crippen LogP contribution in [0.25, 0.3) is 10.9 Å². The Morgan fingerprint density at radius 3 is 2.77 bits per heavy atom. The first-order chi connectivity index (χ1) is 10.3. The van der Waals surface area contributed by atoms with Crippen molar-refractivity contribution >= 4 is 16.8 Å². The molecule has 0 saturated heterocycles. The van der Waals surface area contributed by atoms with Gasteiger partial charge < -0.3 is 10.3 Å². The molecule has 0 spiro atoms. The standard InChI is InChI=1S/C17H19N3O2/c1-11-4-5-12-9-13(16(22)19-14(12)8-11)6-7-15(21)20-17(2,3)10-18/h4-5,8-9H,6-7H2,1-3H3,(H,19,22)(H,20,21). The van der Waals surface area contributed by atoms with Gasteiger partial charge in [-0.05, 0) is 50.3 Å². The Morgan fingerprint density at radius 2 is 2.09 bits per heavy atom. The van der Waals surface area contributed by atoms with Crippen LogP contribution in [0, 0.1) is 18.3 Å². The summed E-state index contributed by atoms with van der Waals surface area (Å²) in [5.41, 5.74) is 1.37. The number of hydrogen-bond donors (Lipinski definition) is 2. The lowest BCUT2D eigenvalue weighted by molar-refractivity contribution is -0.122. The van der Waals surface area contributed by atoms with E-state index >= 15 is 0 Å². The van der Waals surface area contributed by atoms with Crippen LogP contribution in [-0.4, -0.2) is 16.4 Å². The van der Waals surface area contributed by atoms with Gasteiger partial charge in [-0.1, -0.05) is 12.1 Å². The number of benzene rings is 1. The molecule has 1 aromatic carbocycles. The molecule has 2 rings (SSSR count). The predicted molar refractivity (Wildman–Crippen MR) is 85.5 cm³/mol. The maximum Gasteiger partial charge on any atom is 0.251 e. The fraction of sp³-hybridized carbons (Fsp3) is 0.353. The average Bonchev–Trinajstić information content (AvgIpc) is 2.44. The molecule has 0 aliphatic heterocycles. The van der Waals surface area contributed by atoms with Crippen LogP contribution < -0.4 is 10.9 Å². The van der Waals surface area contributed by atoms with Gasteiger partial charge in [-0.3, -0.25) is 9.59 Å². The number of aromatic nitrogens is 1. The van der Waals surface area contributed by atoms with Crippen LogP contribution >= 0.6 is 0 Å². The summed E-state index contributed by atoms with van der Waals surface area (Å²) < 4.78 is 0. The summed E-state index contributed by atoms with van der Waals surface area (Å²) in [6.45, 7) is 5.24. The Morgan fingerprint density at radius 1 is 1.36 bits per heavy atom. The molecule has 5 nitrogen and oxygen atoms in total. The van der Waals surface area contributed by atoms with E-state index in [1.54, 1.807) is 13.8 Å². The van der Waals surface area contributed by atoms with Crippen LogP contribution in [0.2, 0.25) is 0 Å². The first-order valence-corrected chi connectivity index (χ1v) is 7.15. The molecule has 1 amide bonds. The number of aromatic amines is 1. The maximum absolute atomic E-state index is 12.1. The van der Waals surface area contributed by atoms with Gasteiger partial charge in [0.1, 0.15) is 5.54 Å². The lowest BCUT2D eigenvalue weighted by Crippen LogP contribution is -2.42. The van der Waals surface area contributed by atoms with Gasteiger partial charge in [-0.25, -0.2) is 0 Å². The third-order valence-corrected chi connectivity index (χ3v) is 3.43. The minimum atomic E-state index is -0.898. The highest BCUT2D eigenvalue weighted by Crippen LogP contribution is 2.13. The summed E-state index contributed by atoms with van der Waals surface area (Å²) in [7, 11) is 0. The highest BCUT2D eigenvalue weighted by atomic mass is 16.1. The first kappa shape index (κ1) is 15.8. The molecule has 0 radical (unpaired) electrons. The van der Waals surface area contributed by atoms with Crippen LogP contribution in [0.1, 0.15) is 31.4 Å². The number of carbonyl (C=O) groups excluding carboxylic acids is 1. The van der Waals surface area contributed by atoms with Crippen molar-refractivity contribution in [3.63, 3.8) is 0 Å². The quantitative estimate of drug-likeness (QED) is 0.907. The zero-order valence-corrected chi connectivity index (χ0v) is 13.0. The highest BCUT2D eigenvalue weighted by molar-refractivity contribution is 5.80. The van der Waals surface area contributed by atoms with Crippen LogP contribution in [0.15, 0.2) is 29.1 Å². The van der Waals surface area contributed by atoms with Gasteiger partial charge in [0, 0.05) is 17.5 Å². The van der Waals surface area contributed by atoms with Gasteiger partial charge in [0.25, 0.3) is 5.56 Å². The molecular weight excluding hydrogens is 278 g/mol. The van der Waals surface area contributed by atoms with E-state index < -0.39 is 5.54 Å². The zero-order chi connectivity index (χ0) is 16.3. The Labute approximate surface area is 129 Å². The normalized spacial score (nSPS) is 11.2. The highest BCUT2D eigenvalue weighted by Gasteiger charge is 2.19. The predicted octanol–water partition coefficient (Wildman–Crippen LogP) is 2.19. The van der Waals surface area contributed by atoms with E-state index in [4.69, 9.17) is 5.26 Å². The van der Waals surface area contributed by atoms with Gasteiger partial charge in [0.15, 0.2) is 0 Å². The summed E-state index contributed by atoms with van der Waals surface area (Å²) in [6.07, 6.45) is 0.512. The number of H-pyrrole nitrogens is 1. The van der Waals surface area contributed by atoms with Crippen molar-refractivity contribution in [3.05, 3.63) is 45.7 Å². The number of hydrogen-bond acceptors (Lipinski definition) is 3. The molecule has 5 heteroatoms. The third kappa shape index (κ3) is 3.73. The fourth-order valence-electron chi connectivity index (χ4n) is 2.23. The molecule has 2 aromatic rings. The van der Waals surface area contributed by atoms with Crippen LogP contribution in [0.3, 0.4) is 0 Å². The summed E-state index contributed by atoms with van der Waals surface area (Å²) in [6, 6.07) is 9.67. The minimum Gasteiger partial charge on any atom is -0.338 e. The second-order valence-corrected chi connectivity index (χ2v) is 6.00. The molecule has 0 aliphatic carbocycles. The van der Waals surface area contributed by atoms with E-state index in [1.165, 1.54) is 0 Å². The second-order valence-electron chi connectivity index (χ2n) is 6.00. The van der Waals surface area contributed by atoms with Gasteiger partial charge in [0.2, 0.25) is 5.91 Å². The molecule has 0 unspecified atom stereocenters. The van der Waals surface area contributed by atoms with Crippen LogP contribution in [0.4, 0.5) is 0 Å². The molecule has 114 valence electrons. The Balaban J connectivity index is 2.14. The number of rotatable bonds is 4. The van der Waals surface area contributed by atoms with Gasteiger partial charge in [-0.2, -0.15) is 5.26 Å². The van der Waals surface area contributed by atoms with E-state index in [0.717, 1.165) is 16.5 Å². The van der Waals surface area contributed by atoms with Crippen molar-refractivity contribution < 1.29 is 4.79 Å². The van der Waals surface area contributed by atoms with Crippen molar-refractivity contribution in [1.82, 2.24) is 10.3 Å². The monoisotopic (exact) mass is 297 g/mol. The molecule has 0 fully saturated rings. The number of pyridine rings is 1. The largest absolute Gasteiger partial charge is 0.338 e. The molecular formula is C17H19N3O2. The van der Waals surface area contributed by atoms with Gasteiger partial charge >= 0.3 is 0 Å². The summed E-state index contributed by atoms with van der Waals surface area (Å²) in [5.74, 6) is -0.241. The number of aryl methyl sites for hydroxylation is 2. The van der Waals surface area contributed by atoms with E-state index in [-0.39, 0.29) is 17.9 Å². The molecule has 0 saturated carbocycles. The lowest BCUT2D eigenvalue weighted by Gasteiger charge is -2.17. The van der Waals surface area contributed by atoms with Crippen LogP contribution in [-0.2, 0) is 11.2 Å². The number of nitrogens with zero attached hydrogens (tertiary/aromatic N) is 1. The van der Waals surface area contributed by atoms with Crippen LogP contribution in [0.5, 0.6) is 0 Å². The molecule has 0 bridgehead atoms. The Hall–Kier alpha value is -2.61. The SMILES string of the molecule is Cc1ccc2cc(CCC(=O)NC(C)(C)C#N)c(=O)[nH]c2c1. The number of carbonyl (C=O) groups is 1. The van der Waals surface area contributed by atoms with Crippen molar-refractivity contribution in [2.24, 2.45) is 0 Å². The number of nitrogens with one attached hydrogen (secondary N) is 2. The van der Waals surface area contributed by atoms with Crippen molar-refractivity contribution in [1.29, 1.82) is 5.26 Å². The molecule has 1 heterocycles. The summed E-state index contributed by atoms with van der Waals surface area (Å²) in [4.78, 5) is 26.7. The average molecular weight is 297 g/mol. The number of amides is 1. The first-order valence-electron chi connectivity index (χ1n) is 7.15. The fourth-order valence-corrected chi connectivity index (χ4v) is 2.23. The maximum atomic E-state index is 12.1. The van der Waals surface area contributed by atoms with Gasteiger partial charge in [-0.15, -0.1) is 0 Å². The zero-order valence-electron chi connectivity index (χ0n) is 13.0. The number of nitriles is 1. The summed E-state index contributed by atoms with van der Waals surface area (Å²) in [5, 5.41) is 12.5. The Bertz CT molecular complexity index is 813.